The van der Waals surface area contributed by atoms with Crippen LogP contribution in [0.3, 0.4) is 0 Å². The molecule has 0 fully saturated rings. The number of anilines is 1. The van der Waals surface area contributed by atoms with Crippen LogP contribution in [0.2, 0.25) is 0 Å². The smallest absolute Gasteiger partial charge is 0.246 e. The van der Waals surface area contributed by atoms with E-state index < -0.39 is 0 Å². The summed E-state index contributed by atoms with van der Waals surface area (Å²) in [6.45, 7) is 4.14. The molecular formula is C12H14N8O. The number of pyridine rings is 1. The molecule has 9 heteroatoms. The first-order valence-electron chi connectivity index (χ1n) is 6.49. The monoisotopic (exact) mass is 286 g/mol. The van der Waals surface area contributed by atoms with Crippen LogP contribution < -0.4 is 5.32 Å². The van der Waals surface area contributed by atoms with Gasteiger partial charge >= 0.3 is 0 Å². The standard InChI is InChI=1S/C12H14N8O/c1-8(2)12-16-15-10-4-3-9(5-20(10)12)14-11(21)6-19-7-13-17-18-19/h3-5,7-8H,6H2,1-2H3,(H,14,21). The van der Waals surface area contributed by atoms with Crippen LogP contribution in [0, 0.1) is 0 Å². The van der Waals surface area contributed by atoms with Crippen molar-refractivity contribution in [2.24, 2.45) is 0 Å². The fourth-order valence-electron chi connectivity index (χ4n) is 1.98. The Morgan fingerprint density at radius 1 is 1.33 bits per heavy atom. The van der Waals surface area contributed by atoms with Gasteiger partial charge in [0.05, 0.1) is 5.69 Å². The minimum Gasteiger partial charge on any atom is -0.323 e. The highest BCUT2D eigenvalue weighted by atomic mass is 16.2. The molecule has 9 nitrogen and oxygen atoms in total. The second-order valence-corrected chi connectivity index (χ2v) is 4.91. The summed E-state index contributed by atoms with van der Waals surface area (Å²) < 4.78 is 3.23. The molecule has 108 valence electrons. The molecule has 0 saturated heterocycles. The summed E-state index contributed by atoms with van der Waals surface area (Å²) in [5, 5.41) is 21.6. The molecule has 21 heavy (non-hydrogen) atoms. The Morgan fingerprint density at radius 3 is 2.90 bits per heavy atom. The fraction of sp³-hybridized carbons (Fsp3) is 0.333. The molecule has 0 aliphatic rings. The predicted molar refractivity (Wildman–Crippen MR) is 73.5 cm³/mol. The lowest BCUT2D eigenvalue weighted by molar-refractivity contribution is -0.116. The molecule has 3 heterocycles. The summed E-state index contributed by atoms with van der Waals surface area (Å²) in [4.78, 5) is 11.9. The number of tetrazole rings is 1. The van der Waals surface area contributed by atoms with Gasteiger partial charge in [0, 0.05) is 12.1 Å². The van der Waals surface area contributed by atoms with Crippen LogP contribution in [0.1, 0.15) is 25.6 Å². The second-order valence-electron chi connectivity index (χ2n) is 4.91. The predicted octanol–water partition coefficient (Wildman–Crippen LogP) is 0.478. The van der Waals surface area contributed by atoms with Crippen LogP contribution in [0.5, 0.6) is 0 Å². The summed E-state index contributed by atoms with van der Waals surface area (Å²) in [5.74, 6) is 0.884. The number of hydrogen-bond acceptors (Lipinski definition) is 6. The van der Waals surface area contributed by atoms with Gasteiger partial charge < -0.3 is 5.32 Å². The lowest BCUT2D eigenvalue weighted by atomic mass is 10.2. The maximum absolute atomic E-state index is 11.9. The molecule has 0 aliphatic carbocycles. The number of fused-ring (bicyclic) bond motifs is 1. The third-order valence-corrected chi connectivity index (χ3v) is 2.93. The highest BCUT2D eigenvalue weighted by Crippen LogP contribution is 2.16. The number of hydrogen-bond donors (Lipinski definition) is 1. The van der Waals surface area contributed by atoms with Crippen LogP contribution in [0.25, 0.3) is 5.65 Å². The molecule has 1 N–H and O–H groups in total. The van der Waals surface area contributed by atoms with E-state index in [0.29, 0.717) is 5.69 Å². The Hall–Kier alpha value is -2.84. The minimum atomic E-state index is -0.208. The number of aromatic nitrogens is 7. The van der Waals surface area contributed by atoms with Crippen LogP contribution in [-0.4, -0.2) is 40.7 Å². The molecule has 1 amide bonds. The topological polar surface area (TPSA) is 103 Å². The van der Waals surface area contributed by atoms with Crippen molar-refractivity contribution in [3.8, 4) is 0 Å². The van der Waals surface area contributed by atoms with Crippen molar-refractivity contribution in [1.29, 1.82) is 0 Å². The quantitative estimate of drug-likeness (QED) is 0.748. The SMILES string of the molecule is CC(C)c1nnc2ccc(NC(=O)Cn3cnnn3)cn12. The maximum Gasteiger partial charge on any atom is 0.246 e. The minimum absolute atomic E-state index is 0.0598. The Kier molecular flexibility index (Phi) is 3.30. The van der Waals surface area contributed by atoms with E-state index in [0.717, 1.165) is 11.5 Å². The number of nitrogens with one attached hydrogen (secondary N) is 1. The van der Waals surface area contributed by atoms with E-state index in [-0.39, 0.29) is 18.4 Å². The molecule has 3 aromatic rings. The van der Waals surface area contributed by atoms with Crippen molar-refractivity contribution in [3.05, 3.63) is 30.5 Å². The van der Waals surface area contributed by atoms with Crippen molar-refractivity contribution in [2.45, 2.75) is 26.3 Å². The summed E-state index contributed by atoms with van der Waals surface area (Å²) >= 11 is 0. The van der Waals surface area contributed by atoms with E-state index in [2.05, 4.69) is 31.0 Å². The Morgan fingerprint density at radius 2 is 2.19 bits per heavy atom. The zero-order valence-corrected chi connectivity index (χ0v) is 11.6. The summed E-state index contributed by atoms with van der Waals surface area (Å²) in [6.07, 6.45) is 3.20. The molecule has 0 spiro atoms. The first-order chi connectivity index (χ1) is 10.1. The molecule has 0 aliphatic heterocycles. The Balaban J connectivity index is 1.80. The molecule has 0 bridgehead atoms. The molecule has 0 radical (unpaired) electrons. The lowest BCUT2D eigenvalue weighted by Crippen LogP contribution is -2.19. The highest BCUT2D eigenvalue weighted by Gasteiger charge is 2.11. The van der Waals surface area contributed by atoms with Crippen LogP contribution in [0.4, 0.5) is 5.69 Å². The molecular weight excluding hydrogens is 272 g/mol. The van der Waals surface area contributed by atoms with E-state index in [1.54, 1.807) is 6.07 Å². The van der Waals surface area contributed by atoms with E-state index in [4.69, 9.17) is 0 Å². The van der Waals surface area contributed by atoms with Crippen molar-refractivity contribution < 1.29 is 4.79 Å². The average Bonchev–Trinajstić information content (AvgIpc) is 3.06. The van der Waals surface area contributed by atoms with Gasteiger partial charge in [-0.15, -0.1) is 15.3 Å². The molecule has 3 rings (SSSR count). The molecule has 3 aromatic heterocycles. The van der Waals surface area contributed by atoms with E-state index in [1.165, 1.54) is 11.0 Å². The van der Waals surface area contributed by atoms with Crippen LogP contribution >= 0.6 is 0 Å². The zero-order valence-electron chi connectivity index (χ0n) is 11.6. The third kappa shape index (κ3) is 2.71. The van der Waals surface area contributed by atoms with E-state index >= 15 is 0 Å². The Labute approximate surface area is 120 Å². The first-order valence-corrected chi connectivity index (χ1v) is 6.49. The molecule has 0 atom stereocenters. The van der Waals surface area contributed by atoms with Crippen LogP contribution in [0.15, 0.2) is 24.7 Å². The lowest BCUT2D eigenvalue weighted by Gasteiger charge is -2.07. The first kappa shape index (κ1) is 13.2. The zero-order chi connectivity index (χ0) is 14.8. The van der Waals surface area contributed by atoms with Gasteiger partial charge in [-0.3, -0.25) is 9.20 Å². The molecule has 0 saturated carbocycles. The summed E-state index contributed by atoms with van der Waals surface area (Å²) in [6, 6.07) is 3.59. The number of carbonyl (C=O) groups excluding carboxylic acids is 1. The fourth-order valence-corrected chi connectivity index (χ4v) is 1.98. The van der Waals surface area contributed by atoms with Gasteiger partial charge in [0.25, 0.3) is 0 Å². The average molecular weight is 286 g/mol. The van der Waals surface area contributed by atoms with Gasteiger partial charge in [-0.05, 0) is 22.6 Å². The van der Waals surface area contributed by atoms with E-state index in [1.807, 2.05) is 30.5 Å². The van der Waals surface area contributed by atoms with Crippen molar-refractivity contribution in [2.75, 3.05) is 5.32 Å². The van der Waals surface area contributed by atoms with E-state index in [9.17, 15) is 4.79 Å². The van der Waals surface area contributed by atoms with Gasteiger partial charge in [-0.2, -0.15) is 0 Å². The third-order valence-electron chi connectivity index (χ3n) is 2.93. The maximum atomic E-state index is 11.9. The number of rotatable bonds is 4. The largest absolute Gasteiger partial charge is 0.323 e. The van der Waals surface area contributed by atoms with Gasteiger partial charge in [0.2, 0.25) is 5.91 Å². The number of carbonyl (C=O) groups is 1. The Bertz CT molecular complexity index is 761. The number of amides is 1. The summed E-state index contributed by atoms with van der Waals surface area (Å²) in [5.41, 5.74) is 1.42. The van der Waals surface area contributed by atoms with Crippen molar-refractivity contribution in [1.82, 2.24) is 34.8 Å². The van der Waals surface area contributed by atoms with Crippen molar-refractivity contribution >= 4 is 17.2 Å². The number of nitrogens with zero attached hydrogens (tertiary/aromatic N) is 7. The normalized spacial score (nSPS) is 11.2. The van der Waals surface area contributed by atoms with Gasteiger partial charge in [-0.1, -0.05) is 13.8 Å². The molecule has 0 aromatic carbocycles. The van der Waals surface area contributed by atoms with Crippen LogP contribution in [-0.2, 0) is 11.3 Å². The highest BCUT2D eigenvalue weighted by molar-refractivity contribution is 5.90. The summed E-state index contributed by atoms with van der Waals surface area (Å²) in [7, 11) is 0. The second kappa shape index (κ2) is 5.27. The van der Waals surface area contributed by atoms with Crippen molar-refractivity contribution in [3.63, 3.8) is 0 Å². The molecule has 0 unspecified atom stereocenters. The van der Waals surface area contributed by atoms with Gasteiger partial charge in [0.1, 0.15) is 18.7 Å². The van der Waals surface area contributed by atoms with Gasteiger partial charge in [0.15, 0.2) is 5.65 Å². The van der Waals surface area contributed by atoms with Gasteiger partial charge in [-0.25, -0.2) is 4.68 Å².